The van der Waals surface area contributed by atoms with Crippen LogP contribution < -0.4 is 4.90 Å². The molecule has 1 aromatic heterocycles. The fourth-order valence-corrected chi connectivity index (χ4v) is 1.79. The molecule has 1 aromatic carbocycles. The van der Waals surface area contributed by atoms with E-state index in [1.807, 2.05) is 29.2 Å². The topological polar surface area (TPSA) is 62.1 Å². The summed E-state index contributed by atoms with van der Waals surface area (Å²) in [6.45, 7) is 3.62. The van der Waals surface area contributed by atoms with Crippen molar-refractivity contribution in [2.75, 3.05) is 24.6 Å². The van der Waals surface area contributed by atoms with Gasteiger partial charge in [0.1, 0.15) is 5.52 Å². The number of hydrogen-bond acceptors (Lipinski definition) is 5. The van der Waals surface area contributed by atoms with E-state index in [4.69, 9.17) is 5.11 Å². The van der Waals surface area contributed by atoms with E-state index in [0.29, 0.717) is 12.5 Å². The zero-order chi connectivity index (χ0) is 12.8. The van der Waals surface area contributed by atoms with Crippen LogP contribution in [0.15, 0.2) is 24.3 Å². The Morgan fingerprint density at radius 3 is 2.61 bits per heavy atom. The van der Waals surface area contributed by atoms with Crippen LogP contribution in [0.4, 0.5) is 5.95 Å². The predicted octanol–water partition coefficient (Wildman–Crippen LogP) is 1.62. The average molecular weight is 246 g/mol. The van der Waals surface area contributed by atoms with E-state index < -0.39 is 0 Å². The van der Waals surface area contributed by atoms with Gasteiger partial charge in [-0.15, -0.1) is 10.2 Å². The van der Waals surface area contributed by atoms with Crippen molar-refractivity contribution < 1.29 is 5.11 Å². The standard InChI is InChI=1S/C13H18N4O/c1-2-3-8-17(9-10-18)13-14-11-6-4-5-7-12(11)15-16-13/h4-7,18H,2-3,8-10H2,1H3. The van der Waals surface area contributed by atoms with E-state index >= 15 is 0 Å². The Morgan fingerprint density at radius 1 is 1.11 bits per heavy atom. The second-order valence-electron chi connectivity index (χ2n) is 4.16. The summed E-state index contributed by atoms with van der Waals surface area (Å²) >= 11 is 0. The molecule has 0 amide bonds. The first-order chi connectivity index (χ1) is 8.85. The number of rotatable bonds is 6. The van der Waals surface area contributed by atoms with Gasteiger partial charge in [-0.3, -0.25) is 0 Å². The average Bonchev–Trinajstić information content (AvgIpc) is 2.43. The van der Waals surface area contributed by atoms with Gasteiger partial charge in [0.2, 0.25) is 5.95 Å². The molecule has 2 rings (SSSR count). The summed E-state index contributed by atoms with van der Waals surface area (Å²) in [6, 6.07) is 7.66. The lowest BCUT2D eigenvalue weighted by molar-refractivity contribution is 0.301. The highest BCUT2D eigenvalue weighted by atomic mass is 16.3. The molecule has 1 heterocycles. The minimum absolute atomic E-state index is 0.0971. The minimum atomic E-state index is 0.0971. The fraction of sp³-hybridized carbons (Fsp3) is 0.462. The number of fused-ring (bicyclic) bond motifs is 1. The molecule has 0 saturated carbocycles. The molecule has 5 nitrogen and oxygen atoms in total. The van der Waals surface area contributed by atoms with Gasteiger partial charge >= 0.3 is 0 Å². The first-order valence-electron chi connectivity index (χ1n) is 6.30. The molecule has 0 unspecified atom stereocenters. The zero-order valence-electron chi connectivity index (χ0n) is 10.6. The van der Waals surface area contributed by atoms with E-state index in [0.717, 1.165) is 30.4 Å². The van der Waals surface area contributed by atoms with Gasteiger partial charge in [0.15, 0.2) is 0 Å². The van der Waals surface area contributed by atoms with Crippen LogP contribution in [0, 0.1) is 0 Å². The van der Waals surface area contributed by atoms with Crippen LogP contribution in [-0.2, 0) is 0 Å². The van der Waals surface area contributed by atoms with Crippen LogP contribution in [0.2, 0.25) is 0 Å². The maximum Gasteiger partial charge on any atom is 0.246 e. The molecule has 0 saturated heterocycles. The number of nitrogens with zero attached hydrogens (tertiary/aromatic N) is 4. The Kier molecular flexibility index (Phi) is 4.41. The van der Waals surface area contributed by atoms with E-state index in [9.17, 15) is 0 Å². The Labute approximate surface area is 106 Å². The van der Waals surface area contributed by atoms with E-state index in [1.165, 1.54) is 0 Å². The molecular weight excluding hydrogens is 228 g/mol. The summed E-state index contributed by atoms with van der Waals surface area (Å²) < 4.78 is 0. The third kappa shape index (κ3) is 2.92. The lowest BCUT2D eigenvalue weighted by Crippen LogP contribution is -2.29. The van der Waals surface area contributed by atoms with Crippen molar-refractivity contribution in [3.63, 3.8) is 0 Å². The predicted molar refractivity (Wildman–Crippen MR) is 71.5 cm³/mol. The maximum absolute atomic E-state index is 9.09. The number of unbranched alkanes of at least 4 members (excludes halogenated alkanes) is 1. The van der Waals surface area contributed by atoms with Crippen LogP contribution in [-0.4, -0.2) is 40.0 Å². The number of aromatic nitrogens is 3. The molecule has 96 valence electrons. The second-order valence-corrected chi connectivity index (χ2v) is 4.16. The van der Waals surface area contributed by atoms with Crippen molar-refractivity contribution in [3.05, 3.63) is 24.3 Å². The van der Waals surface area contributed by atoms with Gasteiger partial charge in [-0.1, -0.05) is 25.5 Å². The van der Waals surface area contributed by atoms with E-state index in [-0.39, 0.29) is 6.61 Å². The summed E-state index contributed by atoms with van der Waals surface area (Å²) in [7, 11) is 0. The Bertz CT molecular complexity index is 503. The van der Waals surface area contributed by atoms with Crippen LogP contribution in [0.25, 0.3) is 11.0 Å². The number of benzene rings is 1. The Hall–Kier alpha value is -1.75. The lowest BCUT2D eigenvalue weighted by atomic mass is 10.3. The van der Waals surface area contributed by atoms with Gasteiger partial charge in [-0.2, -0.15) is 0 Å². The van der Waals surface area contributed by atoms with Crippen molar-refractivity contribution in [1.82, 2.24) is 15.2 Å². The molecule has 0 bridgehead atoms. The highest BCUT2D eigenvalue weighted by Crippen LogP contribution is 2.12. The summed E-state index contributed by atoms with van der Waals surface area (Å²) in [5, 5.41) is 17.4. The highest BCUT2D eigenvalue weighted by Gasteiger charge is 2.09. The molecule has 0 atom stereocenters. The van der Waals surface area contributed by atoms with Crippen LogP contribution in [0.1, 0.15) is 19.8 Å². The molecule has 0 radical (unpaired) electrons. The van der Waals surface area contributed by atoms with E-state index in [2.05, 4.69) is 22.1 Å². The first kappa shape index (κ1) is 12.7. The molecule has 2 aromatic rings. The molecule has 0 fully saturated rings. The molecule has 1 N–H and O–H groups in total. The molecule has 0 aliphatic carbocycles. The Morgan fingerprint density at radius 2 is 1.89 bits per heavy atom. The van der Waals surface area contributed by atoms with Crippen LogP contribution in [0.5, 0.6) is 0 Å². The normalized spacial score (nSPS) is 10.8. The minimum Gasteiger partial charge on any atom is -0.395 e. The van der Waals surface area contributed by atoms with Crippen molar-refractivity contribution in [3.8, 4) is 0 Å². The molecule has 0 spiro atoms. The van der Waals surface area contributed by atoms with Crippen LogP contribution in [0.3, 0.4) is 0 Å². The number of aliphatic hydroxyl groups excluding tert-OH is 1. The molecular formula is C13H18N4O. The summed E-state index contributed by atoms with van der Waals surface area (Å²) in [5.74, 6) is 0.594. The molecule has 0 aliphatic heterocycles. The second kappa shape index (κ2) is 6.26. The van der Waals surface area contributed by atoms with Crippen molar-refractivity contribution >= 4 is 17.0 Å². The molecule has 0 aliphatic rings. The van der Waals surface area contributed by atoms with Crippen molar-refractivity contribution in [1.29, 1.82) is 0 Å². The maximum atomic E-state index is 9.09. The van der Waals surface area contributed by atoms with Gasteiger partial charge in [0.05, 0.1) is 12.1 Å². The molecule has 5 heteroatoms. The van der Waals surface area contributed by atoms with Gasteiger partial charge in [0, 0.05) is 13.1 Å². The number of anilines is 1. The number of hydrogen-bond donors (Lipinski definition) is 1. The van der Waals surface area contributed by atoms with Crippen LogP contribution >= 0.6 is 0 Å². The summed E-state index contributed by atoms with van der Waals surface area (Å²) in [5.41, 5.74) is 1.63. The van der Waals surface area contributed by atoms with Gasteiger partial charge in [-0.25, -0.2) is 4.98 Å². The van der Waals surface area contributed by atoms with Crippen molar-refractivity contribution in [2.24, 2.45) is 0 Å². The lowest BCUT2D eigenvalue weighted by Gasteiger charge is -2.20. The molecule has 18 heavy (non-hydrogen) atoms. The smallest absolute Gasteiger partial charge is 0.246 e. The number of aliphatic hydroxyl groups is 1. The van der Waals surface area contributed by atoms with Gasteiger partial charge in [0.25, 0.3) is 0 Å². The van der Waals surface area contributed by atoms with Gasteiger partial charge in [-0.05, 0) is 18.6 Å². The zero-order valence-corrected chi connectivity index (χ0v) is 10.6. The van der Waals surface area contributed by atoms with E-state index in [1.54, 1.807) is 0 Å². The first-order valence-corrected chi connectivity index (χ1v) is 6.30. The largest absolute Gasteiger partial charge is 0.395 e. The monoisotopic (exact) mass is 246 g/mol. The Balaban J connectivity index is 2.25. The van der Waals surface area contributed by atoms with Gasteiger partial charge < -0.3 is 10.0 Å². The number of para-hydroxylation sites is 1. The third-order valence-corrected chi connectivity index (χ3v) is 2.78. The highest BCUT2D eigenvalue weighted by molar-refractivity contribution is 5.74. The van der Waals surface area contributed by atoms with Crippen molar-refractivity contribution in [2.45, 2.75) is 19.8 Å². The SMILES string of the molecule is CCCCN(CCO)c1nnc2ccccc2n1. The quantitative estimate of drug-likeness (QED) is 0.839. The summed E-state index contributed by atoms with van der Waals surface area (Å²) in [6.07, 6.45) is 2.15. The third-order valence-electron chi connectivity index (χ3n) is 2.78. The fourth-order valence-electron chi connectivity index (χ4n) is 1.79. The summed E-state index contributed by atoms with van der Waals surface area (Å²) in [4.78, 5) is 6.46.